The number of rotatable bonds is 2. The molecule has 8 rings (SSSR count). The number of hydrogen-bond donors (Lipinski definition) is 2. The fourth-order valence-corrected chi connectivity index (χ4v) is 6.19. The first-order valence-corrected chi connectivity index (χ1v) is 14.7. The van der Waals surface area contributed by atoms with Crippen LogP contribution < -0.4 is 30.2 Å². The molecule has 2 atom stereocenters. The molecule has 8 heterocycles. The van der Waals surface area contributed by atoms with Crippen molar-refractivity contribution < 1.29 is 9.59 Å². The maximum atomic E-state index is 12.7. The van der Waals surface area contributed by atoms with Crippen LogP contribution in [0.15, 0.2) is 61.4 Å². The van der Waals surface area contributed by atoms with Crippen molar-refractivity contribution in [2.45, 2.75) is 24.9 Å². The van der Waals surface area contributed by atoms with Crippen LogP contribution in [0.4, 0.5) is 44.2 Å². The lowest BCUT2D eigenvalue weighted by Gasteiger charge is -2.35. The van der Waals surface area contributed by atoms with Gasteiger partial charge in [-0.15, -0.1) is 0 Å². The van der Waals surface area contributed by atoms with E-state index in [2.05, 4.69) is 50.3 Å². The second-order valence-corrected chi connectivity index (χ2v) is 11.1. The molecule has 15 nitrogen and oxygen atoms in total. The van der Waals surface area contributed by atoms with Gasteiger partial charge in [0.2, 0.25) is 0 Å². The van der Waals surface area contributed by atoms with Crippen molar-refractivity contribution in [2.75, 3.05) is 56.4 Å². The monoisotopic (exact) mass is 623 g/mol. The minimum absolute atomic E-state index is 0.0422. The average Bonchev–Trinajstić information content (AvgIpc) is 3.67. The van der Waals surface area contributed by atoms with Crippen molar-refractivity contribution in [1.82, 2.24) is 29.9 Å². The van der Waals surface area contributed by atoms with Crippen molar-refractivity contribution >= 4 is 58.3 Å². The smallest absolute Gasteiger partial charge is 0.329 e. The zero-order valence-electron chi connectivity index (χ0n) is 23.8. The summed E-state index contributed by atoms with van der Waals surface area (Å²) in [6, 6.07) is 8.78. The number of nitrogens with zero attached hydrogens (tertiary/aromatic N) is 11. The number of urea groups is 2. The molecule has 4 aliphatic heterocycles. The molecule has 0 aliphatic carbocycles. The van der Waals surface area contributed by atoms with Crippen LogP contribution in [0.2, 0.25) is 5.15 Å². The number of nitriles is 1. The van der Waals surface area contributed by atoms with Crippen LogP contribution in [-0.4, -0.2) is 80.2 Å². The van der Waals surface area contributed by atoms with Crippen LogP contribution in [0.25, 0.3) is 0 Å². The molecular formula is C29H26ClN13O2. The Labute approximate surface area is 262 Å². The van der Waals surface area contributed by atoms with Crippen LogP contribution in [0.5, 0.6) is 0 Å². The highest BCUT2D eigenvalue weighted by atomic mass is 35.5. The van der Waals surface area contributed by atoms with E-state index >= 15 is 0 Å². The summed E-state index contributed by atoms with van der Waals surface area (Å²) in [5, 5.41) is 15.0. The molecule has 2 N–H and O–H groups in total. The van der Waals surface area contributed by atoms with Gasteiger partial charge >= 0.3 is 12.1 Å². The van der Waals surface area contributed by atoms with Gasteiger partial charge in [0.1, 0.15) is 16.9 Å². The Morgan fingerprint density at radius 2 is 1.31 bits per heavy atom. The zero-order valence-corrected chi connectivity index (χ0v) is 24.5. The van der Waals surface area contributed by atoms with Gasteiger partial charge in [0, 0.05) is 51.0 Å². The third-order valence-electron chi connectivity index (χ3n) is 8.02. The van der Waals surface area contributed by atoms with Crippen molar-refractivity contribution in [3.63, 3.8) is 0 Å². The Balaban J connectivity index is 0.000000145. The van der Waals surface area contributed by atoms with Gasteiger partial charge in [-0.2, -0.15) is 5.26 Å². The number of anilines is 6. The van der Waals surface area contributed by atoms with E-state index < -0.39 is 0 Å². The number of fused-ring (bicyclic) bond motifs is 8. The third kappa shape index (κ3) is 5.47. The highest BCUT2D eigenvalue weighted by Crippen LogP contribution is 2.40. The molecule has 16 heteroatoms. The van der Waals surface area contributed by atoms with E-state index in [1.165, 1.54) is 24.8 Å². The molecule has 2 saturated heterocycles. The molecule has 2 fully saturated rings. The molecule has 0 saturated carbocycles. The van der Waals surface area contributed by atoms with Crippen LogP contribution in [0, 0.1) is 11.3 Å². The predicted octanol–water partition coefficient (Wildman–Crippen LogP) is 3.53. The van der Waals surface area contributed by atoms with Crippen LogP contribution >= 0.6 is 11.6 Å². The third-order valence-corrected chi connectivity index (χ3v) is 8.23. The fourth-order valence-electron chi connectivity index (χ4n) is 6.05. The molecule has 4 aromatic heterocycles. The molecule has 0 aromatic carbocycles. The summed E-state index contributed by atoms with van der Waals surface area (Å²) >= 11 is 6.01. The summed E-state index contributed by atoms with van der Waals surface area (Å²) in [5.74, 6) is 1.93. The Morgan fingerprint density at radius 3 is 1.82 bits per heavy atom. The topological polar surface area (TPSA) is 172 Å². The van der Waals surface area contributed by atoms with Crippen LogP contribution in [-0.2, 0) is 0 Å². The van der Waals surface area contributed by atoms with Gasteiger partial charge < -0.3 is 9.80 Å². The van der Waals surface area contributed by atoms with Crippen molar-refractivity contribution in [3.8, 4) is 6.07 Å². The van der Waals surface area contributed by atoms with Gasteiger partial charge in [-0.25, -0.2) is 29.5 Å². The largest absolute Gasteiger partial charge is 0.366 e. The van der Waals surface area contributed by atoms with Gasteiger partial charge in [-0.3, -0.25) is 30.4 Å². The molecule has 0 radical (unpaired) electrons. The first-order valence-electron chi connectivity index (χ1n) is 14.3. The summed E-state index contributed by atoms with van der Waals surface area (Å²) in [5.41, 5.74) is 2.11. The van der Waals surface area contributed by atoms with Crippen LogP contribution in [0.3, 0.4) is 0 Å². The molecule has 4 bridgehead atoms. The summed E-state index contributed by atoms with van der Waals surface area (Å²) in [7, 11) is 0. The predicted molar refractivity (Wildman–Crippen MR) is 166 cm³/mol. The summed E-state index contributed by atoms with van der Waals surface area (Å²) in [6.07, 6.45) is 10.9. The van der Waals surface area contributed by atoms with Gasteiger partial charge in [0.25, 0.3) is 0 Å². The summed E-state index contributed by atoms with van der Waals surface area (Å²) in [4.78, 5) is 57.9. The summed E-state index contributed by atoms with van der Waals surface area (Å²) < 4.78 is 0. The Bertz CT molecular complexity index is 1790. The van der Waals surface area contributed by atoms with Crippen molar-refractivity contribution in [1.29, 1.82) is 5.26 Å². The number of halogens is 1. The van der Waals surface area contributed by atoms with Crippen molar-refractivity contribution in [3.05, 3.63) is 72.3 Å². The molecule has 226 valence electrons. The Morgan fingerprint density at radius 1 is 0.778 bits per heavy atom. The van der Waals surface area contributed by atoms with E-state index in [-0.39, 0.29) is 24.1 Å². The SMILES string of the molecule is N#Cc1ccc2c(n1)N(C(=O)Nc1cnccn1)[C@H]1CCN2C1.O=C(Nc1cnccn1)N1c2nc(Cl)ccc2N2CC[C@H]1C2. The van der Waals surface area contributed by atoms with E-state index in [0.717, 1.165) is 50.4 Å². The molecule has 0 unspecified atom stereocenters. The second-order valence-electron chi connectivity index (χ2n) is 10.7. The highest BCUT2D eigenvalue weighted by molar-refractivity contribution is 6.29. The zero-order chi connectivity index (χ0) is 30.9. The van der Waals surface area contributed by atoms with E-state index in [0.29, 0.717) is 34.1 Å². The number of amides is 4. The molecule has 4 aromatic rings. The van der Waals surface area contributed by atoms with Gasteiger partial charge in [0.15, 0.2) is 23.3 Å². The normalized spacial score (nSPS) is 18.7. The lowest BCUT2D eigenvalue weighted by Crippen LogP contribution is -2.48. The first kappa shape index (κ1) is 28.2. The first-order chi connectivity index (χ1) is 22.0. The Hall–Kier alpha value is -5.62. The number of pyridine rings is 2. The minimum atomic E-state index is -0.305. The molecule has 0 spiro atoms. The fraction of sp³-hybridized carbons (Fsp3) is 0.276. The van der Waals surface area contributed by atoms with E-state index in [4.69, 9.17) is 16.9 Å². The highest BCUT2D eigenvalue weighted by Gasteiger charge is 2.41. The van der Waals surface area contributed by atoms with Crippen LogP contribution in [0.1, 0.15) is 18.5 Å². The minimum Gasteiger partial charge on any atom is -0.366 e. The number of nitrogens with one attached hydrogen (secondary N) is 2. The maximum absolute atomic E-state index is 12.7. The summed E-state index contributed by atoms with van der Waals surface area (Å²) in [6.45, 7) is 3.37. The quantitative estimate of drug-likeness (QED) is 0.313. The molecular weight excluding hydrogens is 598 g/mol. The van der Waals surface area contributed by atoms with E-state index in [1.807, 2.05) is 18.2 Å². The standard InChI is InChI=1S/C15H13N7O.C14H13ClN6O/c16-7-10-1-2-12-14(19-10)22(11-3-6-21(12)9-11)15(23)20-13-8-17-4-5-18-13;15-11-2-1-10-13(18-11)21(9-3-6-20(10)8-9)14(22)19-12-7-16-4-5-17-12/h1-2,4-5,8,11H,3,6,9H2,(H,18,20,23);1-2,4-5,7,9H,3,6,8H2,(H,17,19,22)/t11-;9-/m00/s1. The number of carbonyl (C=O) groups is 2. The molecule has 4 amide bonds. The second kappa shape index (κ2) is 11.8. The lowest BCUT2D eigenvalue weighted by atomic mass is 10.2. The number of carbonyl (C=O) groups excluding carboxylic acids is 2. The maximum Gasteiger partial charge on any atom is 0.329 e. The molecule has 4 aliphatic rings. The van der Waals surface area contributed by atoms with Gasteiger partial charge in [-0.1, -0.05) is 11.6 Å². The number of hydrogen-bond acceptors (Lipinski definition) is 11. The number of aromatic nitrogens is 6. The van der Waals surface area contributed by atoms with E-state index in [1.54, 1.807) is 34.3 Å². The Kier molecular flexibility index (Phi) is 7.39. The van der Waals surface area contributed by atoms with Crippen molar-refractivity contribution in [2.24, 2.45) is 0 Å². The molecule has 45 heavy (non-hydrogen) atoms. The van der Waals surface area contributed by atoms with Gasteiger partial charge in [0.05, 0.1) is 35.9 Å². The van der Waals surface area contributed by atoms with E-state index in [9.17, 15) is 9.59 Å². The van der Waals surface area contributed by atoms with Gasteiger partial charge in [-0.05, 0) is 37.1 Å². The lowest BCUT2D eigenvalue weighted by molar-refractivity contribution is 0.254. The average molecular weight is 624 g/mol.